The molecule has 1 amide bonds. The van der Waals surface area contributed by atoms with E-state index in [1.54, 1.807) is 48.4 Å². The zero-order valence-corrected chi connectivity index (χ0v) is 18.7. The first kappa shape index (κ1) is 21.6. The van der Waals surface area contributed by atoms with Crippen molar-refractivity contribution in [1.82, 2.24) is 0 Å². The highest BCUT2D eigenvalue weighted by Crippen LogP contribution is 2.45. The van der Waals surface area contributed by atoms with E-state index in [2.05, 4.69) is 20.8 Å². The zero-order chi connectivity index (χ0) is 23.0. The van der Waals surface area contributed by atoms with E-state index < -0.39 is 17.9 Å². The Bertz CT molecular complexity index is 1140. The molecular formula is C27H27NO4. The van der Waals surface area contributed by atoms with Crippen molar-refractivity contribution in [2.45, 2.75) is 38.1 Å². The number of ether oxygens (including phenoxy) is 1. The highest BCUT2D eigenvalue weighted by molar-refractivity contribution is 6.11. The molecule has 0 bridgehead atoms. The second-order valence-electron chi connectivity index (χ2n) is 9.09. The fourth-order valence-corrected chi connectivity index (χ4v) is 4.35. The molecule has 0 aromatic heterocycles. The van der Waals surface area contributed by atoms with Gasteiger partial charge in [-0.1, -0.05) is 63.2 Å². The molecule has 3 aromatic rings. The highest BCUT2D eigenvalue weighted by Gasteiger charge is 2.45. The van der Waals surface area contributed by atoms with Crippen LogP contribution in [-0.2, 0) is 10.2 Å². The van der Waals surface area contributed by atoms with Gasteiger partial charge in [0.25, 0.3) is 5.91 Å². The molecule has 0 radical (unpaired) electrons. The maximum Gasteiger partial charge on any atom is 0.313 e. The number of rotatable bonds is 4. The lowest BCUT2D eigenvalue weighted by Gasteiger charge is -2.41. The van der Waals surface area contributed by atoms with Crippen LogP contribution in [0.3, 0.4) is 0 Å². The number of nitrogens with zero attached hydrogens (tertiary/aromatic N) is 1. The number of fused-ring (bicyclic) bond motifs is 1. The van der Waals surface area contributed by atoms with Crippen LogP contribution in [0.5, 0.6) is 5.75 Å². The van der Waals surface area contributed by atoms with Crippen LogP contribution < -0.4 is 9.64 Å². The van der Waals surface area contributed by atoms with Crippen molar-refractivity contribution >= 4 is 17.6 Å². The molecule has 0 saturated carbocycles. The minimum atomic E-state index is -0.970. The molecule has 0 unspecified atom stereocenters. The minimum absolute atomic E-state index is 0.0317. The Morgan fingerprint density at radius 1 is 0.938 bits per heavy atom. The number of anilines is 1. The van der Waals surface area contributed by atoms with Crippen LogP contribution in [0, 0.1) is 0 Å². The standard InChI is InChI=1S/C27H27NO4/c1-27(2,3)18-11-13-19(14-12-18)28-24(17-9-15-20(32-4)16-10-17)23(26(30)31)21-7-5-6-8-22(21)25(28)29/h5-16,23-24H,1-4H3,(H,30,31)/t23-,24+/m0/s1. The first-order valence-electron chi connectivity index (χ1n) is 10.6. The first-order valence-corrected chi connectivity index (χ1v) is 10.6. The van der Waals surface area contributed by atoms with Crippen molar-refractivity contribution < 1.29 is 19.4 Å². The van der Waals surface area contributed by atoms with Crippen LogP contribution >= 0.6 is 0 Å². The molecule has 3 aromatic carbocycles. The summed E-state index contributed by atoms with van der Waals surface area (Å²) in [6.45, 7) is 6.39. The molecule has 1 aliphatic rings. The van der Waals surface area contributed by atoms with Gasteiger partial charge in [-0.05, 0) is 52.4 Å². The average molecular weight is 430 g/mol. The van der Waals surface area contributed by atoms with Gasteiger partial charge < -0.3 is 9.84 Å². The van der Waals surface area contributed by atoms with E-state index in [1.165, 1.54) is 0 Å². The zero-order valence-electron chi connectivity index (χ0n) is 18.7. The summed E-state index contributed by atoms with van der Waals surface area (Å²) < 4.78 is 5.27. The molecule has 0 saturated heterocycles. The molecule has 1 N–H and O–H groups in total. The second-order valence-corrected chi connectivity index (χ2v) is 9.09. The van der Waals surface area contributed by atoms with Gasteiger partial charge in [0.2, 0.25) is 0 Å². The maximum absolute atomic E-state index is 13.7. The Morgan fingerprint density at radius 2 is 1.56 bits per heavy atom. The van der Waals surface area contributed by atoms with E-state index in [4.69, 9.17) is 4.74 Å². The summed E-state index contributed by atoms with van der Waals surface area (Å²) in [5.41, 5.74) is 3.47. The van der Waals surface area contributed by atoms with Crippen molar-refractivity contribution in [3.05, 3.63) is 95.1 Å². The predicted octanol–water partition coefficient (Wildman–Crippen LogP) is 5.56. The fraction of sp³-hybridized carbons (Fsp3) is 0.259. The Morgan fingerprint density at radius 3 is 2.12 bits per heavy atom. The molecule has 4 rings (SSSR count). The van der Waals surface area contributed by atoms with Gasteiger partial charge in [0.05, 0.1) is 13.2 Å². The van der Waals surface area contributed by atoms with Crippen LogP contribution in [0.25, 0.3) is 0 Å². The van der Waals surface area contributed by atoms with Gasteiger partial charge in [-0.3, -0.25) is 14.5 Å². The lowest BCUT2D eigenvalue weighted by Crippen LogP contribution is -2.45. The van der Waals surface area contributed by atoms with Crippen molar-refractivity contribution in [1.29, 1.82) is 0 Å². The van der Waals surface area contributed by atoms with E-state index in [0.717, 1.165) is 11.1 Å². The second kappa shape index (κ2) is 8.15. The molecule has 1 heterocycles. The van der Waals surface area contributed by atoms with Crippen molar-refractivity contribution in [2.75, 3.05) is 12.0 Å². The number of benzene rings is 3. The van der Waals surface area contributed by atoms with E-state index in [9.17, 15) is 14.7 Å². The highest BCUT2D eigenvalue weighted by atomic mass is 16.5. The van der Waals surface area contributed by atoms with Crippen molar-refractivity contribution in [2.24, 2.45) is 0 Å². The lowest BCUT2D eigenvalue weighted by molar-refractivity contribution is -0.139. The van der Waals surface area contributed by atoms with Gasteiger partial charge in [-0.25, -0.2) is 0 Å². The van der Waals surface area contributed by atoms with Gasteiger partial charge in [-0.15, -0.1) is 0 Å². The number of hydrogen-bond acceptors (Lipinski definition) is 3. The summed E-state index contributed by atoms with van der Waals surface area (Å²) in [6.07, 6.45) is 0. The SMILES string of the molecule is COc1ccc([C@@H]2[C@@H](C(=O)O)c3ccccc3C(=O)N2c2ccc(C(C)(C)C)cc2)cc1. The molecule has 0 aliphatic carbocycles. The third-order valence-electron chi connectivity index (χ3n) is 6.07. The Hall–Kier alpha value is -3.60. The molecule has 5 heteroatoms. The first-order chi connectivity index (χ1) is 15.2. The van der Waals surface area contributed by atoms with E-state index in [-0.39, 0.29) is 11.3 Å². The number of carboxylic acids is 1. The van der Waals surface area contributed by atoms with Gasteiger partial charge >= 0.3 is 5.97 Å². The van der Waals surface area contributed by atoms with Crippen LogP contribution in [-0.4, -0.2) is 24.1 Å². The largest absolute Gasteiger partial charge is 0.497 e. The smallest absolute Gasteiger partial charge is 0.313 e. The number of carbonyl (C=O) groups excluding carboxylic acids is 1. The Kier molecular flexibility index (Phi) is 5.51. The number of methoxy groups -OCH3 is 1. The molecule has 1 aliphatic heterocycles. The van der Waals surface area contributed by atoms with Gasteiger partial charge in [0.1, 0.15) is 11.7 Å². The maximum atomic E-state index is 13.7. The predicted molar refractivity (Wildman–Crippen MR) is 125 cm³/mol. The Balaban J connectivity index is 1.91. The molecular weight excluding hydrogens is 402 g/mol. The molecule has 32 heavy (non-hydrogen) atoms. The quantitative estimate of drug-likeness (QED) is 0.589. The van der Waals surface area contributed by atoms with Gasteiger partial charge in [0.15, 0.2) is 0 Å². The molecule has 2 atom stereocenters. The van der Waals surface area contributed by atoms with Crippen molar-refractivity contribution in [3.63, 3.8) is 0 Å². The lowest BCUT2D eigenvalue weighted by atomic mass is 9.79. The van der Waals surface area contributed by atoms with Gasteiger partial charge in [0, 0.05) is 11.3 Å². The van der Waals surface area contributed by atoms with E-state index in [0.29, 0.717) is 22.6 Å². The monoisotopic (exact) mass is 429 g/mol. The fourth-order valence-electron chi connectivity index (χ4n) is 4.35. The molecule has 5 nitrogen and oxygen atoms in total. The normalized spacial score (nSPS) is 18.2. The third kappa shape index (κ3) is 3.75. The number of carbonyl (C=O) groups is 2. The number of amides is 1. The average Bonchev–Trinajstić information content (AvgIpc) is 2.78. The van der Waals surface area contributed by atoms with E-state index in [1.807, 2.05) is 36.4 Å². The summed E-state index contributed by atoms with van der Waals surface area (Å²) >= 11 is 0. The summed E-state index contributed by atoms with van der Waals surface area (Å²) in [7, 11) is 1.58. The number of carboxylic acid groups (broad SMARTS) is 1. The molecule has 164 valence electrons. The van der Waals surface area contributed by atoms with Crippen LogP contribution in [0.1, 0.15) is 59.8 Å². The van der Waals surface area contributed by atoms with Crippen LogP contribution in [0.4, 0.5) is 5.69 Å². The number of aliphatic carboxylic acids is 1. The Labute approximate surface area is 188 Å². The topological polar surface area (TPSA) is 66.8 Å². The molecule has 0 spiro atoms. The van der Waals surface area contributed by atoms with E-state index >= 15 is 0 Å². The minimum Gasteiger partial charge on any atom is -0.497 e. The number of hydrogen-bond donors (Lipinski definition) is 1. The third-order valence-corrected chi connectivity index (χ3v) is 6.07. The van der Waals surface area contributed by atoms with Crippen LogP contribution in [0.2, 0.25) is 0 Å². The van der Waals surface area contributed by atoms with Crippen LogP contribution in [0.15, 0.2) is 72.8 Å². The van der Waals surface area contributed by atoms with Crippen molar-refractivity contribution in [3.8, 4) is 5.75 Å². The summed E-state index contributed by atoms with van der Waals surface area (Å²) in [5.74, 6) is -1.41. The molecule has 0 fully saturated rings. The summed E-state index contributed by atoms with van der Waals surface area (Å²) in [5, 5.41) is 10.3. The summed E-state index contributed by atoms with van der Waals surface area (Å²) in [6, 6.07) is 21.4. The summed E-state index contributed by atoms with van der Waals surface area (Å²) in [4.78, 5) is 27.8. The van der Waals surface area contributed by atoms with Gasteiger partial charge in [-0.2, -0.15) is 0 Å².